The zero-order chi connectivity index (χ0) is 35.0. The number of fused-ring (bicyclic) bond motifs is 9. The molecule has 6 aromatic rings. The van der Waals surface area contributed by atoms with E-state index in [4.69, 9.17) is 0 Å². The Kier molecular flexibility index (Phi) is 6.57. The minimum atomic E-state index is -3.63. The summed E-state index contributed by atoms with van der Waals surface area (Å²) in [7, 11) is -7.24. The first-order chi connectivity index (χ1) is 23.7. The predicted molar refractivity (Wildman–Crippen MR) is 206 cm³/mol. The third-order valence-corrected chi connectivity index (χ3v) is 15.1. The van der Waals surface area contributed by atoms with E-state index >= 15 is 0 Å². The molecule has 0 aliphatic heterocycles. The topological polar surface area (TPSA) is 68.3 Å². The molecular formula is C43H36O4S3. The van der Waals surface area contributed by atoms with E-state index in [1.165, 1.54) is 23.6 Å². The smallest absolute Gasteiger partial charge is 0.175 e. The average Bonchev–Trinajstić information content (AvgIpc) is 3.68. The highest BCUT2D eigenvalue weighted by Crippen LogP contribution is 2.57. The van der Waals surface area contributed by atoms with Crippen LogP contribution in [0.25, 0.3) is 36.9 Å². The lowest BCUT2D eigenvalue weighted by atomic mass is 9.73. The molecule has 0 radical (unpaired) electrons. The molecule has 9 rings (SSSR count). The van der Waals surface area contributed by atoms with Crippen LogP contribution in [0.4, 0.5) is 0 Å². The lowest BCUT2D eigenvalue weighted by Gasteiger charge is -2.30. The molecule has 1 heterocycles. The van der Waals surface area contributed by atoms with E-state index in [1.54, 1.807) is 23.5 Å². The van der Waals surface area contributed by atoms with Crippen molar-refractivity contribution in [1.29, 1.82) is 0 Å². The zero-order valence-electron chi connectivity index (χ0n) is 28.5. The Morgan fingerprint density at radius 1 is 0.600 bits per heavy atom. The van der Waals surface area contributed by atoms with Crippen molar-refractivity contribution in [3.05, 3.63) is 149 Å². The molecule has 50 heavy (non-hydrogen) atoms. The molecule has 1 aromatic heterocycles. The first-order valence-corrected chi connectivity index (χ1v) is 21.4. The maximum atomic E-state index is 13.4. The molecule has 3 aliphatic rings. The Morgan fingerprint density at radius 2 is 1.14 bits per heavy atom. The van der Waals surface area contributed by atoms with Crippen molar-refractivity contribution in [1.82, 2.24) is 0 Å². The molecular weight excluding hydrogens is 677 g/mol. The highest BCUT2D eigenvalue weighted by atomic mass is 32.2. The van der Waals surface area contributed by atoms with Gasteiger partial charge in [0, 0.05) is 49.6 Å². The molecule has 0 N–H and O–H groups in total. The summed E-state index contributed by atoms with van der Waals surface area (Å²) in [6.45, 7) is 6.79. The Labute approximate surface area is 297 Å². The highest BCUT2D eigenvalue weighted by molar-refractivity contribution is 7.91. The van der Waals surface area contributed by atoms with Gasteiger partial charge in [-0.05, 0) is 87.0 Å². The van der Waals surface area contributed by atoms with Gasteiger partial charge in [0.1, 0.15) is 0 Å². The maximum Gasteiger partial charge on any atom is 0.175 e. The van der Waals surface area contributed by atoms with Crippen molar-refractivity contribution in [2.45, 2.75) is 47.3 Å². The van der Waals surface area contributed by atoms with Gasteiger partial charge < -0.3 is 0 Å². The summed E-state index contributed by atoms with van der Waals surface area (Å²) in [6, 6.07) is 32.5. The van der Waals surface area contributed by atoms with Crippen LogP contribution in [0.15, 0.2) is 125 Å². The van der Waals surface area contributed by atoms with Crippen LogP contribution >= 0.6 is 11.3 Å². The molecule has 7 heteroatoms. The lowest BCUT2D eigenvalue weighted by molar-refractivity contribution is 0.395. The van der Waals surface area contributed by atoms with Gasteiger partial charge in [0.25, 0.3) is 0 Å². The van der Waals surface area contributed by atoms with Gasteiger partial charge in [-0.3, -0.25) is 0 Å². The Bertz CT molecular complexity index is 2720. The number of hydrogen-bond acceptors (Lipinski definition) is 5. The SMILES string of the molecule is CC1(c2cc(S(C)(=O)=O)cc3c2sc2c(C4=CC5c6ccccc6C(C)(C)C5C=C4)cc(S(C)(=O)=O)cc23)c2ccccc2-c2ccccc21. The normalized spacial score (nSPS) is 20.0. The lowest BCUT2D eigenvalue weighted by Crippen LogP contribution is -2.25. The van der Waals surface area contributed by atoms with Gasteiger partial charge in [0.2, 0.25) is 0 Å². The predicted octanol–water partition coefficient (Wildman–Crippen LogP) is 9.84. The molecule has 0 fully saturated rings. The summed E-state index contributed by atoms with van der Waals surface area (Å²) in [5.41, 5.74) is 9.21. The van der Waals surface area contributed by atoms with Crippen molar-refractivity contribution in [2.24, 2.45) is 5.92 Å². The molecule has 5 aromatic carbocycles. The molecule has 0 saturated carbocycles. The minimum absolute atomic E-state index is 0.0401. The van der Waals surface area contributed by atoms with Gasteiger partial charge in [-0.2, -0.15) is 0 Å². The van der Waals surface area contributed by atoms with E-state index in [-0.39, 0.29) is 27.0 Å². The van der Waals surface area contributed by atoms with Crippen LogP contribution in [0.5, 0.6) is 0 Å². The second kappa shape index (κ2) is 10.4. The number of hydrogen-bond donors (Lipinski definition) is 0. The first kappa shape index (κ1) is 31.7. The first-order valence-electron chi connectivity index (χ1n) is 16.8. The fraction of sp³-hybridized carbons (Fsp3) is 0.209. The average molecular weight is 713 g/mol. The largest absolute Gasteiger partial charge is 0.224 e. The fourth-order valence-electron chi connectivity index (χ4n) is 9.07. The summed E-state index contributed by atoms with van der Waals surface area (Å²) in [5, 5.41) is 1.50. The molecule has 3 aliphatic carbocycles. The van der Waals surface area contributed by atoms with Gasteiger partial charge in [0.15, 0.2) is 19.7 Å². The highest BCUT2D eigenvalue weighted by Gasteiger charge is 2.45. The van der Waals surface area contributed by atoms with Crippen LogP contribution in [-0.2, 0) is 30.5 Å². The number of allylic oxidation sites excluding steroid dienone is 4. The van der Waals surface area contributed by atoms with Crippen LogP contribution in [0.1, 0.15) is 60.1 Å². The zero-order valence-corrected chi connectivity index (χ0v) is 30.9. The van der Waals surface area contributed by atoms with E-state index in [2.05, 4.69) is 87.5 Å². The number of benzene rings is 5. The van der Waals surface area contributed by atoms with Crippen LogP contribution in [0.3, 0.4) is 0 Å². The van der Waals surface area contributed by atoms with Crippen molar-refractivity contribution in [3.8, 4) is 11.1 Å². The van der Waals surface area contributed by atoms with Gasteiger partial charge in [-0.25, -0.2) is 16.8 Å². The van der Waals surface area contributed by atoms with Crippen LogP contribution in [0.2, 0.25) is 0 Å². The number of rotatable bonds is 4. The van der Waals surface area contributed by atoms with Gasteiger partial charge >= 0.3 is 0 Å². The van der Waals surface area contributed by atoms with Crippen molar-refractivity contribution in [2.75, 3.05) is 12.5 Å². The van der Waals surface area contributed by atoms with E-state index in [0.717, 1.165) is 59.1 Å². The standard InChI is InChI=1S/C43H36O4S3/c1-42(2)35-15-9-6-14-30(35)32-20-25(18-19-36(32)42)31-21-26(49(4,44)45)22-33-34-23-27(50(5,46)47)24-39(41(34)48-40(31)33)43(3)37-16-10-7-12-28(37)29-13-8-11-17-38(29)43/h6-24,32,36H,1-5H3. The van der Waals surface area contributed by atoms with E-state index in [1.807, 2.05) is 36.4 Å². The molecule has 2 atom stereocenters. The minimum Gasteiger partial charge on any atom is -0.224 e. The summed E-state index contributed by atoms with van der Waals surface area (Å²) >= 11 is 1.63. The van der Waals surface area contributed by atoms with Crippen LogP contribution < -0.4 is 0 Å². The van der Waals surface area contributed by atoms with E-state index < -0.39 is 25.1 Å². The summed E-state index contributed by atoms with van der Waals surface area (Å²) in [4.78, 5) is 0.441. The fourth-order valence-corrected chi connectivity index (χ4v) is 11.8. The van der Waals surface area contributed by atoms with E-state index in [9.17, 15) is 16.8 Å². The van der Waals surface area contributed by atoms with E-state index in [0.29, 0.717) is 0 Å². The summed E-state index contributed by atoms with van der Waals surface area (Å²) in [6.07, 6.45) is 9.26. The number of thiophene rings is 1. The summed E-state index contributed by atoms with van der Waals surface area (Å²) in [5.74, 6) is 0.441. The Morgan fingerprint density at radius 3 is 1.76 bits per heavy atom. The van der Waals surface area contributed by atoms with Crippen molar-refractivity contribution in [3.63, 3.8) is 0 Å². The molecule has 250 valence electrons. The Hall–Kier alpha value is -4.30. The maximum absolute atomic E-state index is 13.4. The monoisotopic (exact) mass is 712 g/mol. The van der Waals surface area contributed by atoms with Crippen LogP contribution in [0, 0.1) is 5.92 Å². The second-order valence-electron chi connectivity index (χ2n) is 14.9. The van der Waals surface area contributed by atoms with Crippen LogP contribution in [-0.4, -0.2) is 29.3 Å². The molecule has 4 nitrogen and oxygen atoms in total. The molecule has 0 amide bonds. The Balaban J connectivity index is 1.37. The molecule has 0 bridgehead atoms. The third-order valence-electron chi connectivity index (χ3n) is 11.6. The van der Waals surface area contributed by atoms with Crippen molar-refractivity contribution >= 4 is 56.8 Å². The molecule has 0 saturated heterocycles. The number of sulfone groups is 2. The second-order valence-corrected chi connectivity index (χ2v) is 20.0. The third kappa shape index (κ3) is 4.33. The summed E-state index contributed by atoms with van der Waals surface area (Å²) < 4.78 is 55.3. The van der Waals surface area contributed by atoms with Gasteiger partial charge in [0.05, 0.1) is 9.79 Å². The van der Waals surface area contributed by atoms with Gasteiger partial charge in [-0.1, -0.05) is 105 Å². The van der Waals surface area contributed by atoms with Gasteiger partial charge in [-0.15, -0.1) is 11.3 Å². The molecule has 0 spiro atoms. The molecule has 2 unspecified atom stereocenters. The van der Waals surface area contributed by atoms with Crippen molar-refractivity contribution < 1.29 is 16.8 Å². The quantitative estimate of drug-likeness (QED) is 0.183.